The van der Waals surface area contributed by atoms with Gasteiger partial charge in [0.2, 0.25) is 0 Å². The molecule has 0 saturated heterocycles. The smallest absolute Gasteiger partial charge is 0.305 e. The standard InChI is InChI=1S/C18H34O7/c19-11-5-1-3-9-17(21)24-15-6-2-4-10-18(22)25-16-8-14-23-13-7-12-20/h19-20H,1-16H2. The first-order chi connectivity index (χ1) is 12.2. The highest BCUT2D eigenvalue weighted by atomic mass is 16.5. The average molecular weight is 362 g/mol. The highest BCUT2D eigenvalue weighted by Gasteiger charge is 2.04. The Hall–Kier alpha value is -1.18. The molecule has 25 heavy (non-hydrogen) atoms. The Labute approximate surface area is 150 Å². The third-order valence-electron chi connectivity index (χ3n) is 3.47. The number of hydrogen-bond donors (Lipinski definition) is 2. The Bertz CT molecular complexity index is 321. The Morgan fingerprint density at radius 1 is 0.560 bits per heavy atom. The molecule has 0 aromatic rings. The van der Waals surface area contributed by atoms with Crippen molar-refractivity contribution in [3.8, 4) is 0 Å². The zero-order valence-electron chi connectivity index (χ0n) is 15.2. The van der Waals surface area contributed by atoms with E-state index in [-0.39, 0.29) is 25.2 Å². The molecule has 7 nitrogen and oxygen atoms in total. The van der Waals surface area contributed by atoms with E-state index in [0.29, 0.717) is 52.1 Å². The minimum atomic E-state index is -0.212. The van der Waals surface area contributed by atoms with Gasteiger partial charge in [0.25, 0.3) is 0 Å². The molecular formula is C18H34O7. The minimum Gasteiger partial charge on any atom is -0.466 e. The summed E-state index contributed by atoms with van der Waals surface area (Å²) in [4.78, 5) is 22.9. The van der Waals surface area contributed by atoms with E-state index in [0.717, 1.165) is 38.5 Å². The van der Waals surface area contributed by atoms with Crippen LogP contribution in [0.2, 0.25) is 0 Å². The molecule has 0 amide bonds. The van der Waals surface area contributed by atoms with E-state index in [1.165, 1.54) is 0 Å². The maximum absolute atomic E-state index is 11.5. The van der Waals surface area contributed by atoms with Crippen molar-refractivity contribution in [2.75, 3.05) is 39.6 Å². The van der Waals surface area contributed by atoms with Gasteiger partial charge in [-0.1, -0.05) is 6.42 Å². The molecule has 0 radical (unpaired) electrons. The highest BCUT2D eigenvalue weighted by Crippen LogP contribution is 2.04. The summed E-state index contributed by atoms with van der Waals surface area (Å²) in [6.07, 6.45) is 6.65. The van der Waals surface area contributed by atoms with Crippen LogP contribution in [0.1, 0.15) is 64.2 Å². The van der Waals surface area contributed by atoms with Crippen LogP contribution in [0.3, 0.4) is 0 Å². The molecule has 0 aliphatic heterocycles. The fourth-order valence-electron chi connectivity index (χ4n) is 2.05. The van der Waals surface area contributed by atoms with Crippen LogP contribution in [0, 0.1) is 0 Å². The van der Waals surface area contributed by atoms with E-state index >= 15 is 0 Å². The number of carbonyl (C=O) groups excluding carboxylic acids is 2. The number of carbonyl (C=O) groups is 2. The molecule has 0 aromatic carbocycles. The molecular weight excluding hydrogens is 328 g/mol. The number of aliphatic hydroxyl groups excluding tert-OH is 2. The Balaban J connectivity index is 3.27. The van der Waals surface area contributed by atoms with Gasteiger partial charge in [-0.3, -0.25) is 9.59 Å². The van der Waals surface area contributed by atoms with Crippen molar-refractivity contribution in [2.45, 2.75) is 64.2 Å². The lowest BCUT2D eigenvalue weighted by Gasteiger charge is -2.06. The maximum Gasteiger partial charge on any atom is 0.305 e. The van der Waals surface area contributed by atoms with E-state index in [1.54, 1.807) is 0 Å². The van der Waals surface area contributed by atoms with Crippen molar-refractivity contribution < 1.29 is 34.0 Å². The third kappa shape index (κ3) is 19.0. The molecule has 7 heteroatoms. The molecule has 0 unspecified atom stereocenters. The van der Waals surface area contributed by atoms with Crippen molar-refractivity contribution in [2.24, 2.45) is 0 Å². The first-order valence-electron chi connectivity index (χ1n) is 9.31. The van der Waals surface area contributed by atoms with Crippen LogP contribution in [0.4, 0.5) is 0 Å². The van der Waals surface area contributed by atoms with E-state index in [2.05, 4.69) is 0 Å². The van der Waals surface area contributed by atoms with Crippen LogP contribution in [-0.2, 0) is 23.8 Å². The summed E-state index contributed by atoms with van der Waals surface area (Å²) in [7, 11) is 0. The molecule has 0 aromatic heterocycles. The summed E-state index contributed by atoms with van der Waals surface area (Å²) < 4.78 is 15.4. The molecule has 0 spiro atoms. The summed E-state index contributed by atoms with van der Waals surface area (Å²) in [5, 5.41) is 17.2. The Morgan fingerprint density at radius 2 is 1.08 bits per heavy atom. The van der Waals surface area contributed by atoms with Crippen LogP contribution in [0.5, 0.6) is 0 Å². The number of esters is 2. The molecule has 148 valence electrons. The summed E-state index contributed by atoms with van der Waals surface area (Å²) >= 11 is 0. The first kappa shape index (κ1) is 23.8. The van der Waals surface area contributed by atoms with E-state index in [1.807, 2.05) is 0 Å². The highest BCUT2D eigenvalue weighted by molar-refractivity contribution is 5.69. The molecule has 0 rings (SSSR count). The zero-order valence-corrected chi connectivity index (χ0v) is 15.2. The predicted molar refractivity (Wildman–Crippen MR) is 93.1 cm³/mol. The van der Waals surface area contributed by atoms with Gasteiger partial charge in [0, 0.05) is 45.7 Å². The largest absolute Gasteiger partial charge is 0.466 e. The number of unbranched alkanes of at least 4 members (excludes halogenated alkanes) is 4. The van der Waals surface area contributed by atoms with Gasteiger partial charge in [0.1, 0.15) is 0 Å². The lowest BCUT2D eigenvalue weighted by Crippen LogP contribution is -2.09. The van der Waals surface area contributed by atoms with Gasteiger partial charge in [0.15, 0.2) is 0 Å². The normalized spacial score (nSPS) is 10.6. The van der Waals surface area contributed by atoms with Gasteiger partial charge >= 0.3 is 11.9 Å². The predicted octanol–water partition coefficient (Wildman–Crippen LogP) is 1.98. The van der Waals surface area contributed by atoms with Gasteiger partial charge in [-0.15, -0.1) is 0 Å². The van der Waals surface area contributed by atoms with Crippen molar-refractivity contribution >= 4 is 11.9 Å². The second-order valence-electron chi connectivity index (χ2n) is 5.83. The number of hydrogen-bond acceptors (Lipinski definition) is 7. The van der Waals surface area contributed by atoms with Crippen molar-refractivity contribution in [3.63, 3.8) is 0 Å². The van der Waals surface area contributed by atoms with Crippen LogP contribution in [0.25, 0.3) is 0 Å². The van der Waals surface area contributed by atoms with Crippen molar-refractivity contribution in [1.29, 1.82) is 0 Å². The van der Waals surface area contributed by atoms with Crippen molar-refractivity contribution in [1.82, 2.24) is 0 Å². The molecule has 0 fully saturated rings. The first-order valence-corrected chi connectivity index (χ1v) is 9.31. The molecule has 0 aliphatic rings. The van der Waals surface area contributed by atoms with Gasteiger partial charge in [-0.05, 0) is 38.5 Å². The van der Waals surface area contributed by atoms with E-state index < -0.39 is 0 Å². The second kappa shape index (κ2) is 19.1. The summed E-state index contributed by atoms with van der Waals surface area (Å²) in [5.74, 6) is -0.408. The molecule has 0 saturated carbocycles. The Kier molecular flexibility index (Phi) is 18.2. The van der Waals surface area contributed by atoms with Crippen LogP contribution in [-0.4, -0.2) is 61.8 Å². The fraction of sp³-hybridized carbons (Fsp3) is 0.889. The fourth-order valence-corrected chi connectivity index (χ4v) is 2.05. The summed E-state index contributed by atoms with van der Waals surface area (Å²) in [5.41, 5.74) is 0. The van der Waals surface area contributed by atoms with E-state index in [9.17, 15) is 9.59 Å². The van der Waals surface area contributed by atoms with Gasteiger partial charge < -0.3 is 24.4 Å². The lowest BCUT2D eigenvalue weighted by atomic mass is 10.2. The molecule has 0 aliphatic carbocycles. The maximum atomic E-state index is 11.5. The van der Waals surface area contributed by atoms with Crippen LogP contribution >= 0.6 is 0 Å². The quantitative estimate of drug-likeness (QED) is 0.284. The SMILES string of the molecule is O=C(CCCCCO)OCCCCCC(=O)OCCCOCCCO. The van der Waals surface area contributed by atoms with Crippen LogP contribution in [0.15, 0.2) is 0 Å². The number of rotatable bonds is 18. The third-order valence-corrected chi connectivity index (χ3v) is 3.47. The van der Waals surface area contributed by atoms with Crippen molar-refractivity contribution in [3.05, 3.63) is 0 Å². The lowest BCUT2D eigenvalue weighted by molar-refractivity contribution is -0.145. The zero-order chi connectivity index (χ0) is 18.6. The second-order valence-corrected chi connectivity index (χ2v) is 5.83. The summed E-state index contributed by atoms with van der Waals surface area (Å²) in [6.45, 7) is 2.08. The Morgan fingerprint density at radius 3 is 1.68 bits per heavy atom. The number of aliphatic hydroxyl groups is 2. The van der Waals surface area contributed by atoms with E-state index in [4.69, 9.17) is 24.4 Å². The molecule has 0 atom stereocenters. The minimum absolute atomic E-state index is 0.124. The molecule has 0 bridgehead atoms. The molecule has 0 heterocycles. The number of ether oxygens (including phenoxy) is 3. The van der Waals surface area contributed by atoms with Crippen LogP contribution < -0.4 is 0 Å². The summed E-state index contributed by atoms with van der Waals surface area (Å²) in [6, 6.07) is 0. The van der Waals surface area contributed by atoms with Gasteiger partial charge in [-0.2, -0.15) is 0 Å². The van der Waals surface area contributed by atoms with Gasteiger partial charge in [0.05, 0.1) is 13.2 Å². The topological polar surface area (TPSA) is 102 Å². The molecule has 2 N–H and O–H groups in total. The average Bonchev–Trinajstić information content (AvgIpc) is 2.61. The monoisotopic (exact) mass is 362 g/mol. The van der Waals surface area contributed by atoms with Gasteiger partial charge in [-0.25, -0.2) is 0 Å².